The number of carbonyl (C=O) groups excluding carboxylic acids is 1. The lowest BCUT2D eigenvalue weighted by molar-refractivity contribution is -0.131. The van der Waals surface area contributed by atoms with Gasteiger partial charge in [-0.3, -0.25) is 4.79 Å². The first kappa shape index (κ1) is 23.3. The average Bonchev–Trinajstić information content (AvgIpc) is 2.62. The van der Waals surface area contributed by atoms with Gasteiger partial charge in [0.1, 0.15) is 23.3 Å². The van der Waals surface area contributed by atoms with Gasteiger partial charge in [0.25, 0.3) is 0 Å². The lowest BCUT2D eigenvalue weighted by Gasteiger charge is -2.17. The molecule has 2 aromatic rings. The van der Waals surface area contributed by atoms with Crippen LogP contribution in [0.3, 0.4) is 0 Å². The van der Waals surface area contributed by atoms with Gasteiger partial charge in [-0.2, -0.15) is 0 Å². The van der Waals surface area contributed by atoms with E-state index in [0.29, 0.717) is 5.39 Å². The van der Waals surface area contributed by atoms with Crippen molar-refractivity contribution in [2.24, 2.45) is 0 Å². The smallest absolute Gasteiger partial charge is 0.383 e. The molecule has 30 heavy (non-hydrogen) atoms. The Bertz CT molecular complexity index is 1010. The van der Waals surface area contributed by atoms with Crippen LogP contribution in [0.1, 0.15) is 54.4 Å². The average molecular weight is 414 g/mol. The van der Waals surface area contributed by atoms with E-state index in [1.165, 1.54) is 12.5 Å². The largest absolute Gasteiger partial charge is 0.486 e. The van der Waals surface area contributed by atoms with E-state index in [-0.39, 0.29) is 35.5 Å². The van der Waals surface area contributed by atoms with Crippen molar-refractivity contribution in [3.8, 4) is 17.2 Å². The molecule has 1 aromatic heterocycles. The second-order valence-electron chi connectivity index (χ2n) is 7.62. The molecule has 162 valence electrons. The van der Waals surface area contributed by atoms with Crippen molar-refractivity contribution >= 4 is 16.9 Å². The zero-order chi connectivity index (χ0) is 22.3. The predicted octanol–water partition coefficient (Wildman–Crippen LogP) is 5.58. The molecule has 0 spiro atoms. The molecule has 0 atom stereocenters. The highest BCUT2D eigenvalue weighted by atomic mass is 16.5. The second-order valence-corrected chi connectivity index (χ2v) is 7.62. The fourth-order valence-electron chi connectivity index (χ4n) is 2.84. The molecule has 0 aliphatic heterocycles. The summed E-state index contributed by atoms with van der Waals surface area (Å²) in [5, 5.41) is 0.389. The number of carbonyl (C=O) groups is 1. The molecule has 0 bridgehead atoms. The Hall–Kier alpha value is -3.02. The van der Waals surface area contributed by atoms with Crippen LogP contribution in [-0.2, 0) is 4.79 Å². The van der Waals surface area contributed by atoms with Crippen LogP contribution in [0.2, 0.25) is 0 Å². The molecule has 2 rings (SSSR count). The van der Waals surface area contributed by atoms with Crippen LogP contribution in [0.25, 0.3) is 11.0 Å². The molecule has 0 N–H and O–H groups in total. The normalized spacial score (nSPS) is 11.5. The van der Waals surface area contributed by atoms with Gasteiger partial charge in [-0.25, -0.2) is 4.79 Å². The summed E-state index contributed by atoms with van der Waals surface area (Å²) in [5.74, 6) is -0.0628. The number of esters is 1. The van der Waals surface area contributed by atoms with E-state index in [1.807, 2.05) is 26.8 Å². The number of fused-ring (bicyclic) bond motifs is 1. The van der Waals surface area contributed by atoms with Gasteiger partial charge in [0.05, 0.1) is 6.10 Å². The SMILES string of the molecule is CC(=O)Oc1cccc2oc(=O)c(OC/C=C(\C)CCC=C(C)C)c(OC(C)C)c12. The summed E-state index contributed by atoms with van der Waals surface area (Å²) < 4.78 is 22.4. The van der Waals surface area contributed by atoms with Gasteiger partial charge in [0.2, 0.25) is 5.75 Å². The molecular formula is C24H30O6. The van der Waals surface area contributed by atoms with Crippen LogP contribution in [0.5, 0.6) is 17.2 Å². The van der Waals surface area contributed by atoms with Crippen molar-refractivity contribution in [1.29, 1.82) is 0 Å². The number of ether oxygens (including phenoxy) is 3. The molecule has 0 unspecified atom stereocenters. The summed E-state index contributed by atoms with van der Waals surface area (Å²) in [6.45, 7) is 11.3. The minimum Gasteiger partial charge on any atom is -0.486 e. The third kappa shape index (κ3) is 6.51. The van der Waals surface area contributed by atoms with Crippen molar-refractivity contribution in [2.75, 3.05) is 6.61 Å². The number of benzene rings is 1. The van der Waals surface area contributed by atoms with Gasteiger partial charge in [0.15, 0.2) is 5.75 Å². The molecular weight excluding hydrogens is 384 g/mol. The first-order valence-electron chi connectivity index (χ1n) is 10.1. The van der Waals surface area contributed by atoms with Crippen molar-refractivity contribution in [1.82, 2.24) is 0 Å². The minimum absolute atomic E-state index is 0.0378. The lowest BCUT2D eigenvalue weighted by atomic mass is 10.1. The van der Waals surface area contributed by atoms with Crippen molar-refractivity contribution in [3.05, 3.63) is 51.9 Å². The highest BCUT2D eigenvalue weighted by molar-refractivity contribution is 5.93. The Morgan fingerprint density at radius 1 is 1.10 bits per heavy atom. The standard InChI is InChI=1S/C24H30O6/c1-15(2)9-7-10-17(5)13-14-27-23-22(28-16(3)4)21-19(29-18(6)25)11-8-12-20(21)30-24(23)26/h8-9,11-13,16H,7,10,14H2,1-6H3/b17-13+. The second kappa shape index (κ2) is 10.7. The molecule has 0 aliphatic rings. The summed E-state index contributed by atoms with van der Waals surface area (Å²) in [6, 6.07) is 4.88. The van der Waals surface area contributed by atoms with Crippen LogP contribution >= 0.6 is 0 Å². The van der Waals surface area contributed by atoms with E-state index >= 15 is 0 Å². The van der Waals surface area contributed by atoms with E-state index in [9.17, 15) is 9.59 Å². The van der Waals surface area contributed by atoms with E-state index in [2.05, 4.69) is 19.9 Å². The number of rotatable bonds is 9. The Morgan fingerprint density at radius 3 is 2.47 bits per heavy atom. The van der Waals surface area contributed by atoms with E-state index in [0.717, 1.165) is 18.4 Å². The number of hydrogen-bond acceptors (Lipinski definition) is 6. The highest BCUT2D eigenvalue weighted by Gasteiger charge is 2.22. The van der Waals surface area contributed by atoms with Crippen LogP contribution in [-0.4, -0.2) is 18.7 Å². The highest BCUT2D eigenvalue weighted by Crippen LogP contribution is 2.39. The van der Waals surface area contributed by atoms with Crippen LogP contribution in [0.15, 0.2) is 50.7 Å². The van der Waals surface area contributed by atoms with E-state index in [4.69, 9.17) is 18.6 Å². The third-order valence-electron chi connectivity index (χ3n) is 4.17. The van der Waals surface area contributed by atoms with E-state index in [1.54, 1.807) is 18.2 Å². The van der Waals surface area contributed by atoms with Crippen molar-refractivity contribution in [2.45, 2.75) is 60.5 Å². The first-order valence-corrected chi connectivity index (χ1v) is 10.1. The van der Waals surface area contributed by atoms with Gasteiger partial charge in [-0.05, 0) is 65.7 Å². The molecule has 1 aromatic carbocycles. The zero-order valence-corrected chi connectivity index (χ0v) is 18.5. The maximum absolute atomic E-state index is 12.6. The number of allylic oxidation sites excluding steroid dienone is 3. The Balaban J connectivity index is 2.40. The number of hydrogen-bond donors (Lipinski definition) is 0. The maximum Gasteiger partial charge on any atom is 0.383 e. The monoisotopic (exact) mass is 414 g/mol. The van der Waals surface area contributed by atoms with Crippen molar-refractivity contribution in [3.63, 3.8) is 0 Å². The van der Waals surface area contributed by atoms with Gasteiger partial charge in [-0.15, -0.1) is 0 Å². The Morgan fingerprint density at radius 2 is 1.83 bits per heavy atom. The summed E-state index contributed by atoms with van der Waals surface area (Å²) in [7, 11) is 0. The van der Waals surface area contributed by atoms with Crippen LogP contribution in [0, 0.1) is 0 Å². The van der Waals surface area contributed by atoms with Crippen LogP contribution < -0.4 is 19.8 Å². The first-order chi connectivity index (χ1) is 14.2. The maximum atomic E-state index is 12.6. The predicted molar refractivity (Wildman–Crippen MR) is 117 cm³/mol. The van der Waals surface area contributed by atoms with Gasteiger partial charge < -0.3 is 18.6 Å². The van der Waals surface area contributed by atoms with Crippen molar-refractivity contribution < 1.29 is 23.4 Å². The lowest BCUT2D eigenvalue weighted by Crippen LogP contribution is -2.14. The molecule has 0 saturated heterocycles. The Labute approximate surface area is 177 Å². The van der Waals surface area contributed by atoms with Gasteiger partial charge in [-0.1, -0.05) is 23.3 Å². The molecule has 0 amide bonds. The minimum atomic E-state index is -0.645. The molecule has 0 fully saturated rings. The molecule has 1 heterocycles. The molecule has 6 heteroatoms. The third-order valence-corrected chi connectivity index (χ3v) is 4.17. The molecule has 0 aliphatic carbocycles. The van der Waals surface area contributed by atoms with Gasteiger partial charge in [0, 0.05) is 6.92 Å². The summed E-state index contributed by atoms with van der Waals surface area (Å²) in [6.07, 6.45) is 5.74. The van der Waals surface area contributed by atoms with E-state index < -0.39 is 11.6 Å². The topological polar surface area (TPSA) is 75.0 Å². The molecule has 6 nitrogen and oxygen atoms in total. The summed E-state index contributed by atoms with van der Waals surface area (Å²) >= 11 is 0. The summed E-state index contributed by atoms with van der Waals surface area (Å²) in [4.78, 5) is 24.1. The molecule has 0 radical (unpaired) electrons. The zero-order valence-electron chi connectivity index (χ0n) is 18.5. The fourth-order valence-corrected chi connectivity index (χ4v) is 2.84. The Kier molecular flexibility index (Phi) is 8.27. The fraction of sp³-hybridized carbons (Fsp3) is 0.417. The molecule has 0 saturated carbocycles. The summed E-state index contributed by atoms with van der Waals surface area (Å²) in [5.41, 5.74) is 2.06. The quantitative estimate of drug-likeness (QED) is 0.231. The van der Waals surface area contributed by atoms with Gasteiger partial charge >= 0.3 is 11.6 Å². The van der Waals surface area contributed by atoms with Crippen LogP contribution in [0.4, 0.5) is 0 Å².